The zero-order valence-electron chi connectivity index (χ0n) is 10.5. The molecule has 0 unspecified atom stereocenters. The first-order valence-electron chi connectivity index (χ1n) is 5.80. The molecule has 2 rings (SSSR count). The van der Waals surface area contributed by atoms with Gasteiger partial charge in [0.15, 0.2) is 0 Å². The van der Waals surface area contributed by atoms with Gasteiger partial charge in [-0.1, -0.05) is 6.92 Å². The van der Waals surface area contributed by atoms with Crippen LogP contribution in [0.1, 0.15) is 26.3 Å². The summed E-state index contributed by atoms with van der Waals surface area (Å²) < 4.78 is 5.77. The number of hydrogen-bond acceptors (Lipinski definition) is 3. The zero-order chi connectivity index (χ0) is 12.6. The molecule has 3 N–H and O–H groups in total. The number of anilines is 2. The number of nitrogen functional groups attached to an aromatic ring is 1. The van der Waals surface area contributed by atoms with Gasteiger partial charge in [-0.3, -0.25) is 4.79 Å². The quantitative estimate of drug-likeness (QED) is 0.732. The molecule has 1 amide bonds. The molecular weight excluding hydrogens is 216 g/mol. The number of carbonyl (C=O) groups is 1. The second kappa shape index (κ2) is 3.95. The number of ether oxygens (including phenoxy) is 1. The predicted molar refractivity (Wildman–Crippen MR) is 68.1 cm³/mol. The molecule has 4 nitrogen and oxygen atoms in total. The van der Waals surface area contributed by atoms with Crippen LogP contribution < -0.4 is 15.8 Å². The molecule has 0 radical (unpaired) electrons. The molecule has 1 heterocycles. The van der Waals surface area contributed by atoms with Crippen molar-refractivity contribution in [1.82, 2.24) is 0 Å². The molecule has 0 saturated carbocycles. The first-order valence-corrected chi connectivity index (χ1v) is 5.80. The lowest BCUT2D eigenvalue weighted by atomic mass is 9.94. The molecule has 0 bridgehead atoms. The molecule has 1 aliphatic heterocycles. The van der Waals surface area contributed by atoms with Crippen LogP contribution in [-0.2, 0) is 11.2 Å². The lowest BCUT2D eigenvalue weighted by Crippen LogP contribution is -2.33. The molecule has 0 aliphatic carbocycles. The highest BCUT2D eigenvalue weighted by Gasteiger charge is 2.33. The number of benzene rings is 1. The summed E-state index contributed by atoms with van der Waals surface area (Å²) in [5, 5.41) is 2.88. The SMILES string of the molecule is CCc1cc(N)cc2c1OCC(C)(C)C(=O)N2. The fraction of sp³-hybridized carbons (Fsp3) is 0.462. The van der Waals surface area contributed by atoms with E-state index >= 15 is 0 Å². The van der Waals surface area contributed by atoms with Crippen LogP contribution in [0.2, 0.25) is 0 Å². The van der Waals surface area contributed by atoms with E-state index in [2.05, 4.69) is 5.32 Å². The monoisotopic (exact) mass is 234 g/mol. The van der Waals surface area contributed by atoms with Crippen molar-refractivity contribution in [3.63, 3.8) is 0 Å². The molecule has 0 aromatic heterocycles. The molecule has 1 aliphatic rings. The van der Waals surface area contributed by atoms with Gasteiger partial charge in [-0.15, -0.1) is 0 Å². The lowest BCUT2D eigenvalue weighted by Gasteiger charge is -2.19. The third-order valence-electron chi connectivity index (χ3n) is 3.01. The van der Waals surface area contributed by atoms with Gasteiger partial charge in [0.05, 0.1) is 11.1 Å². The van der Waals surface area contributed by atoms with Crippen LogP contribution in [0.15, 0.2) is 12.1 Å². The smallest absolute Gasteiger partial charge is 0.233 e. The van der Waals surface area contributed by atoms with E-state index in [0.29, 0.717) is 18.0 Å². The number of rotatable bonds is 1. The molecule has 1 aromatic rings. The van der Waals surface area contributed by atoms with E-state index in [1.807, 2.05) is 26.8 Å². The van der Waals surface area contributed by atoms with Gasteiger partial charge in [-0.05, 0) is 38.0 Å². The number of nitrogens with one attached hydrogen (secondary N) is 1. The van der Waals surface area contributed by atoms with E-state index in [9.17, 15) is 4.79 Å². The minimum Gasteiger partial charge on any atom is -0.490 e. The summed E-state index contributed by atoms with van der Waals surface area (Å²) >= 11 is 0. The summed E-state index contributed by atoms with van der Waals surface area (Å²) in [4.78, 5) is 12.0. The number of amides is 1. The first kappa shape index (κ1) is 11.8. The fourth-order valence-corrected chi connectivity index (χ4v) is 1.85. The van der Waals surface area contributed by atoms with Crippen LogP contribution in [0.5, 0.6) is 5.75 Å². The zero-order valence-corrected chi connectivity index (χ0v) is 10.5. The molecule has 0 atom stereocenters. The molecule has 4 heteroatoms. The van der Waals surface area contributed by atoms with Gasteiger partial charge >= 0.3 is 0 Å². The molecular formula is C13H18N2O2. The maximum atomic E-state index is 12.0. The highest BCUT2D eigenvalue weighted by Crippen LogP contribution is 2.37. The van der Waals surface area contributed by atoms with E-state index in [4.69, 9.17) is 10.5 Å². The van der Waals surface area contributed by atoms with Crippen molar-refractivity contribution in [2.24, 2.45) is 5.41 Å². The van der Waals surface area contributed by atoms with Crippen molar-refractivity contribution in [3.8, 4) is 5.75 Å². The van der Waals surface area contributed by atoms with Crippen LogP contribution in [-0.4, -0.2) is 12.5 Å². The van der Waals surface area contributed by atoms with Gasteiger partial charge < -0.3 is 15.8 Å². The Morgan fingerprint density at radius 1 is 1.47 bits per heavy atom. The average Bonchev–Trinajstić information content (AvgIpc) is 2.36. The van der Waals surface area contributed by atoms with Crippen molar-refractivity contribution in [2.75, 3.05) is 17.7 Å². The summed E-state index contributed by atoms with van der Waals surface area (Å²) in [6.07, 6.45) is 0.823. The Morgan fingerprint density at radius 3 is 2.82 bits per heavy atom. The summed E-state index contributed by atoms with van der Waals surface area (Å²) in [6, 6.07) is 3.64. The van der Waals surface area contributed by atoms with Crippen molar-refractivity contribution in [1.29, 1.82) is 0 Å². The Balaban J connectivity index is 2.50. The highest BCUT2D eigenvalue weighted by atomic mass is 16.5. The minimum atomic E-state index is -0.529. The number of aryl methyl sites for hydroxylation is 1. The van der Waals surface area contributed by atoms with Gasteiger partial charge in [0, 0.05) is 5.69 Å². The first-order chi connectivity index (χ1) is 7.94. The Hall–Kier alpha value is -1.71. The Morgan fingerprint density at radius 2 is 2.18 bits per heavy atom. The van der Waals surface area contributed by atoms with Gasteiger partial charge in [0.25, 0.3) is 0 Å². The van der Waals surface area contributed by atoms with Crippen LogP contribution in [0.4, 0.5) is 11.4 Å². The molecule has 17 heavy (non-hydrogen) atoms. The number of carbonyl (C=O) groups excluding carboxylic acids is 1. The van der Waals surface area contributed by atoms with Crippen LogP contribution in [0, 0.1) is 5.41 Å². The van der Waals surface area contributed by atoms with E-state index in [1.54, 1.807) is 6.07 Å². The third-order valence-corrected chi connectivity index (χ3v) is 3.01. The maximum absolute atomic E-state index is 12.0. The van der Waals surface area contributed by atoms with Crippen molar-refractivity contribution >= 4 is 17.3 Å². The van der Waals surface area contributed by atoms with E-state index in [0.717, 1.165) is 17.7 Å². The largest absolute Gasteiger partial charge is 0.490 e. The molecule has 92 valence electrons. The molecule has 1 aromatic carbocycles. The number of fused-ring (bicyclic) bond motifs is 1. The van der Waals surface area contributed by atoms with Crippen LogP contribution >= 0.6 is 0 Å². The topological polar surface area (TPSA) is 64.3 Å². The van der Waals surface area contributed by atoms with Gasteiger partial charge in [0.1, 0.15) is 12.4 Å². The Labute approximate surface area is 101 Å². The standard InChI is InChI=1S/C13H18N2O2/c1-4-8-5-9(14)6-10-11(8)17-7-13(2,3)12(16)15-10/h5-6H,4,7,14H2,1-3H3,(H,15,16). The van der Waals surface area contributed by atoms with Crippen molar-refractivity contribution < 1.29 is 9.53 Å². The third kappa shape index (κ3) is 2.07. The number of hydrogen-bond donors (Lipinski definition) is 2. The van der Waals surface area contributed by atoms with Crippen molar-refractivity contribution in [3.05, 3.63) is 17.7 Å². The average molecular weight is 234 g/mol. The Kier molecular flexibility index (Phi) is 2.73. The molecule has 0 fully saturated rings. The van der Waals surface area contributed by atoms with Crippen LogP contribution in [0.25, 0.3) is 0 Å². The van der Waals surface area contributed by atoms with E-state index in [-0.39, 0.29) is 5.91 Å². The normalized spacial score (nSPS) is 17.7. The van der Waals surface area contributed by atoms with E-state index < -0.39 is 5.41 Å². The van der Waals surface area contributed by atoms with Gasteiger partial charge in [-0.25, -0.2) is 0 Å². The lowest BCUT2D eigenvalue weighted by molar-refractivity contribution is -0.124. The minimum absolute atomic E-state index is 0.0381. The second-order valence-corrected chi connectivity index (χ2v) is 5.04. The second-order valence-electron chi connectivity index (χ2n) is 5.04. The highest BCUT2D eigenvalue weighted by molar-refractivity contribution is 5.97. The Bertz CT molecular complexity index is 467. The summed E-state index contributed by atoms with van der Waals surface area (Å²) in [6.45, 7) is 6.14. The van der Waals surface area contributed by atoms with Crippen LogP contribution in [0.3, 0.4) is 0 Å². The maximum Gasteiger partial charge on any atom is 0.233 e. The summed E-state index contributed by atoms with van der Waals surface area (Å²) in [5.41, 5.74) is 7.63. The van der Waals surface area contributed by atoms with E-state index in [1.165, 1.54) is 0 Å². The van der Waals surface area contributed by atoms with Gasteiger partial charge in [-0.2, -0.15) is 0 Å². The molecule has 0 saturated heterocycles. The number of nitrogens with two attached hydrogens (primary N) is 1. The fourth-order valence-electron chi connectivity index (χ4n) is 1.85. The summed E-state index contributed by atoms with van der Waals surface area (Å²) in [7, 11) is 0. The van der Waals surface area contributed by atoms with Crippen molar-refractivity contribution in [2.45, 2.75) is 27.2 Å². The predicted octanol–water partition coefficient (Wildman–Crippen LogP) is 2.19. The molecule has 0 spiro atoms. The van der Waals surface area contributed by atoms with Gasteiger partial charge in [0.2, 0.25) is 5.91 Å². The summed E-state index contributed by atoms with van der Waals surface area (Å²) in [5.74, 6) is 0.713.